The standard InChI is InChI=1S/C26H27N3O5/c1-17(2)19-8-4-6-10-21(19)28-25(31)16-34-23-13-12-18(14-24(23)33-3)15-27-29-26(32)20-9-5-7-11-22(20)30/h4-15,17,30H,16H2,1-3H3,(H,28,31)(H,29,32)/b27-15-. The average molecular weight is 462 g/mol. The molecule has 0 radical (unpaired) electrons. The zero-order valence-corrected chi connectivity index (χ0v) is 19.2. The third-order valence-corrected chi connectivity index (χ3v) is 4.93. The second-order valence-electron chi connectivity index (χ2n) is 7.71. The van der Waals surface area contributed by atoms with Crippen LogP contribution in [-0.4, -0.2) is 36.9 Å². The Balaban J connectivity index is 1.59. The smallest absolute Gasteiger partial charge is 0.275 e. The minimum atomic E-state index is -0.536. The summed E-state index contributed by atoms with van der Waals surface area (Å²) >= 11 is 0. The molecule has 3 rings (SSSR count). The van der Waals surface area contributed by atoms with Gasteiger partial charge in [-0.2, -0.15) is 5.10 Å². The molecule has 2 amide bonds. The number of para-hydroxylation sites is 2. The summed E-state index contributed by atoms with van der Waals surface area (Å²) in [4.78, 5) is 24.5. The highest BCUT2D eigenvalue weighted by Gasteiger charge is 2.12. The molecule has 3 N–H and O–H groups in total. The number of phenolic OH excluding ortho intramolecular Hbond substituents is 1. The molecule has 3 aromatic rings. The number of hydrogen-bond acceptors (Lipinski definition) is 6. The van der Waals surface area contributed by atoms with Gasteiger partial charge < -0.3 is 19.9 Å². The van der Waals surface area contributed by atoms with Crippen molar-refractivity contribution in [2.75, 3.05) is 19.0 Å². The molecule has 0 aliphatic heterocycles. The van der Waals surface area contributed by atoms with Gasteiger partial charge in [0.15, 0.2) is 18.1 Å². The molecule has 8 heteroatoms. The Morgan fingerprint density at radius 1 is 1.03 bits per heavy atom. The van der Waals surface area contributed by atoms with Crippen LogP contribution in [0.25, 0.3) is 0 Å². The van der Waals surface area contributed by atoms with Gasteiger partial charge in [0.2, 0.25) is 0 Å². The highest BCUT2D eigenvalue weighted by atomic mass is 16.5. The first-order chi connectivity index (χ1) is 16.4. The number of hydrogen-bond donors (Lipinski definition) is 3. The molecule has 0 spiro atoms. The molecule has 3 aromatic carbocycles. The molecule has 0 aromatic heterocycles. The van der Waals surface area contributed by atoms with Crippen molar-refractivity contribution in [1.82, 2.24) is 5.43 Å². The van der Waals surface area contributed by atoms with Crippen molar-refractivity contribution in [2.24, 2.45) is 5.10 Å². The van der Waals surface area contributed by atoms with E-state index in [0.29, 0.717) is 17.1 Å². The molecule has 176 valence electrons. The second kappa shape index (κ2) is 11.5. The highest BCUT2D eigenvalue weighted by molar-refractivity contribution is 5.97. The Kier molecular flexibility index (Phi) is 8.23. The van der Waals surface area contributed by atoms with Gasteiger partial charge in [-0.05, 0) is 53.4 Å². The third kappa shape index (κ3) is 6.35. The van der Waals surface area contributed by atoms with Gasteiger partial charge >= 0.3 is 0 Å². The van der Waals surface area contributed by atoms with Gasteiger partial charge in [0.05, 0.1) is 18.9 Å². The van der Waals surface area contributed by atoms with Gasteiger partial charge in [-0.15, -0.1) is 0 Å². The Labute approximate surface area is 198 Å². The quantitative estimate of drug-likeness (QED) is 0.325. The first-order valence-corrected chi connectivity index (χ1v) is 10.7. The lowest BCUT2D eigenvalue weighted by Gasteiger charge is -2.15. The van der Waals surface area contributed by atoms with E-state index < -0.39 is 5.91 Å². The number of hydrazone groups is 1. The fourth-order valence-corrected chi connectivity index (χ4v) is 3.22. The number of carbonyl (C=O) groups is 2. The fourth-order valence-electron chi connectivity index (χ4n) is 3.22. The third-order valence-electron chi connectivity index (χ3n) is 4.93. The van der Waals surface area contributed by atoms with Crippen LogP contribution in [0.3, 0.4) is 0 Å². The molecule has 0 bridgehead atoms. The minimum Gasteiger partial charge on any atom is -0.507 e. The topological polar surface area (TPSA) is 109 Å². The number of nitrogens with one attached hydrogen (secondary N) is 2. The predicted octanol–water partition coefficient (Wildman–Crippen LogP) is 4.31. The summed E-state index contributed by atoms with van der Waals surface area (Å²) in [6, 6.07) is 18.9. The van der Waals surface area contributed by atoms with E-state index >= 15 is 0 Å². The van der Waals surface area contributed by atoms with Gasteiger partial charge in [0.1, 0.15) is 5.75 Å². The van der Waals surface area contributed by atoms with Crippen molar-refractivity contribution >= 4 is 23.7 Å². The largest absolute Gasteiger partial charge is 0.507 e. The number of anilines is 1. The van der Waals surface area contributed by atoms with E-state index in [2.05, 4.69) is 29.7 Å². The minimum absolute atomic E-state index is 0.121. The molecular formula is C26H27N3O5. The summed E-state index contributed by atoms with van der Waals surface area (Å²) < 4.78 is 11.0. The molecule has 0 aliphatic rings. The SMILES string of the molecule is COc1cc(/C=N\NC(=O)c2ccccc2O)ccc1OCC(=O)Nc1ccccc1C(C)C. The van der Waals surface area contributed by atoms with E-state index in [1.807, 2.05) is 24.3 Å². The first-order valence-electron chi connectivity index (χ1n) is 10.7. The van der Waals surface area contributed by atoms with E-state index in [1.165, 1.54) is 25.5 Å². The van der Waals surface area contributed by atoms with Crippen LogP contribution in [0.15, 0.2) is 71.8 Å². The van der Waals surface area contributed by atoms with Gasteiger partial charge in [0.25, 0.3) is 11.8 Å². The van der Waals surface area contributed by atoms with E-state index in [0.717, 1.165) is 11.3 Å². The maximum atomic E-state index is 12.4. The van der Waals surface area contributed by atoms with Gasteiger partial charge in [-0.25, -0.2) is 5.43 Å². The zero-order chi connectivity index (χ0) is 24.5. The Bertz CT molecular complexity index is 1190. The molecule has 0 saturated heterocycles. The number of carbonyl (C=O) groups excluding carboxylic acids is 2. The number of methoxy groups -OCH3 is 1. The molecule has 0 aliphatic carbocycles. The van der Waals surface area contributed by atoms with Crippen LogP contribution in [0.4, 0.5) is 5.69 Å². The van der Waals surface area contributed by atoms with Crippen molar-refractivity contribution in [1.29, 1.82) is 0 Å². The van der Waals surface area contributed by atoms with Crippen molar-refractivity contribution in [2.45, 2.75) is 19.8 Å². The second-order valence-corrected chi connectivity index (χ2v) is 7.71. The van der Waals surface area contributed by atoms with Crippen LogP contribution in [-0.2, 0) is 4.79 Å². The lowest BCUT2D eigenvalue weighted by Crippen LogP contribution is -2.21. The number of amides is 2. The van der Waals surface area contributed by atoms with Crippen LogP contribution < -0.4 is 20.2 Å². The summed E-state index contributed by atoms with van der Waals surface area (Å²) in [6.07, 6.45) is 1.43. The zero-order valence-electron chi connectivity index (χ0n) is 19.2. The predicted molar refractivity (Wildman–Crippen MR) is 131 cm³/mol. The summed E-state index contributed by atoms with van der Waals surface area (Å²) in [7, 11) is 1.49. The molecule has 0 heterocycles. The van der Waals surface area contributed by atoms with Crippen LogP contribution in [0.1, 0.15) is 41.3 Å². The lowest BCUT2D eigenvalue weighted by atomic mass is 10.0. The molecule has 0 saturated carbocycles. The van der Waals surface area contributed by atoms with Crippen LogP contribution in [0.2, 0.25) is 0 Å². The maximum absolute atomic E-state index is 12.4. The molecule has 0 atom stereocenters. The number of nitrogens with zero attached hydrogens (tertiary/aromatic N) is 1. The normalized spacial score (nSPS) is 10.8. The van der Waals surface area contributed by atoms with Gasteiger partial charge in [-0.3, -0.25) is 9.59 Å². The number of ether oxygens (including phenoxy) is 2. The Morgan fingerprint density at radius 3 is 2.50 bits per heavy atom. The Morgan fingerprint density at radius 2 is 1.76 bits per heavy atom. The van der Waals surface area contributed by atoms with Gasteiger partial charge in [0, 0.05) is 5.69 Å². The van der Waals surface area contributed by atoms with Crippen LogP contribution >= 0.6 is 0 Å². The number of aromatic hydroxyl groups is 1. The van der Waals surface area contributed by atoms with E-state index in [9.17, 15) is 14.7 Å². The van der Waals surface area contributed by atoms with E-state index in [4.69, 9.17) is 9.47 Å². The summed E-state index contributed by atoms with van der Waals surface area (Å²) in [6.45, 7) is 3.94. The van der Waals surface area contributed by atoms with Crippen LogP contribution in [0, 0.1) is 0 Å². The van der Waals surface area contributed by atoms with Crippen molar-refractivity contribution in [3.63, 3.8) is 0 Å². The van der Waals surface area contributed by atoms with Crippen molar-refractivity contribution in [3.8, 4) is 17.2 Å². The molecule has 8 nitrogen and oxygen atoms in total. The van der Waals surface area contributed by atoms with Gasteiger partial charge in [-0.1, -0.05) is 44.2 Å². The number of phenols is 1. The summed E-state index contributed by atoms with van der Waals surface area (Å²) in [5.74, 6) is 0.125. The number of benzene rings is 3. The number of rotatable bonds is 9. The first kappa shape index (κ1) is 24.3. The van der Waals surface area contributed by atoms with Crippen LogP contribution in [0.5, 0.6) is 17.2 Å². The van der Waals surface area contributed by atoms with E-state index in [-0.39, 0.29) is 29.7 Å². The fraction of sp³-hybridized carbons (Fsp3) is 0.192. The maximum Gasteiger partial charge on any atom is 0.275 e. The van der Waals surface area contributed by atoms with Crippen molar-refractivity contribution in [3.05, 3.63) is 83.4 Å². The highest BCUT2D eigenvalue weighted by Crippen LogP contribution is 2.28. The van der Waals surface area contributed by atoms with E-state index in [1.54, 1.807) is 30.3 Å². The average Bonchev–Trinajstić information content (AvgIpc) is 2.83. The lowest BCUT2D eigenvalue weighted by molar-refractivity contribution is -0.118. The van der Waals surface area contributed by atoms with Crippen molar-refractivity contribution < 1.29 is 24.2 Å². The summed E-state index contributed by atoms with van der Waals surface area (Å²) in [5, 5.41) is 16.5. The molecule has 0 fully saturated rings. The summed E-state index contributed by atoms with van der Waals surface area (Å²) in [5.41, 5.74) is 4.93. The Hall–Kier alpha value is -4.33. The molecular weight excluding hydrogens is 434 g/mol. The molecule has 34 heavy (non-hydrogen) atoms. The molecule has 0 unspecified atom stereocenters. The monoisotopic (exact) mass is 461 g/mol.